The highest BCUT2D eigenvalue weighted by Crippen LogP contribution is 2.30. The quantitative estimate of drug-likeness (QED) is 0.907. The molecule has 1 aliphatic rings. The molecule has 1 unspecified atom stereocenters. The second kappa shape index (κ2) is 4.91. The van der Waals surface area contributed by atoms with Crippen LogP contribution in [0.2, 0.25) is 0 Å². The fourth-order valence-corrected chi connectivity index (χ4v) is 2.36. The molecule has 1 saturated heterocycles. The highest BCUT2D eigenvalue weighted by atomic mass is 16.4. The molecule has 2 rings (SSSR count). The van der Waals surface area contributed by atoms with Gasteiger partial charge in [0.1, 0.15) is 6.04 Å². The van der Waals surface area contributed by atoms with Crippen LogP contribution < -0.4 is 4.90 Å². The molecule has 5 nitrogen and oxygen atoms in total. The van der Waals surface area contributed by atoms with Crippen molar-refractivity contribution in [2.75, 3.05) is 18.5 Å². The van der Waals surface area contributed by atoms with Gasteiger partial charge in [-0.05, 0) is 17.5 Å². The van der Waals surface area contributed by atoms with Gasteiger partial charge in [-0.1, -0.05) is 32.0 Å². The molecule has 1 aliphatic heterocycles. The van der Waals surface area contributed by atoms with Crippen LogP contribution in [0.1, 0.15) is 25.3 Å². The van der Waals surface area contributed by atoms with Crippen molar-refractivity contribution in [1.29, 1.82) is 0 Å². The number of rotatable bonds is 3. The van der Waals surface area contributed by atoms with Crippen LogP contribution >= 0.6 is 0 Å². The lowest BCUT2D eigenvalue weighted by molar-refractivity contribution is -0.140. The largest absolute Gasteiger partial charge is 0.480 e. The number of carboxylic acids is 1. The first-order chi connectivity index (χ1) is 8.93. The average molecular weight is 262 g/mol. The maximum atomic E-state index is 12.2. The first-order valence-corrected chi connectivity index (χ1v) is 6.29. The van der Waals surface area contributed by atoms with Gasteiger partial charge in [-0.25, -0.2) is 9.59 Å². The molecule has 5 heteroatoms. The molecule has 0 bridgehead atoms. The smallest absolute Gasteiger partial charge is 0.328 e. The van der Waals surface area contributed by atoms with Crippen LogP contribution in [0.4, 0.5) is 10.5 Å². The molecular formula is C14H18N2O3. The fourth-order valence-electron chi connectivity index (χ4n) is 2.36. The number of aliphatic carboxylic acids is 1. The van der Waals surface area contributed by atoms with E-state index in [1.54, 1.807) is 4.90 Å². The van der Waals surface area contributed by atoms with Crippen molar-refractivity contribution in [1.82, 2.24) is 4.90 Å². The van der Waals surface area contributed by atoms with Crippen molar-refractivity contribution in [2.24, 2.45) is 0 Å². The maximum Gasteiger partial charge on any atom is 0.328 e. The first-order valence-electron chi connectivity index (χ1n) is 6.29. The number of benzene rings is 1. The van der Waals surface area contributed by atoms with E-state index in [9.17, 15) is 9.59 Å². The highest BCUT2D eigenvalue weighted by molar-refractivity contribution is 5.99. The molecule has 0 aliphatic carbocycles. The zero-order valence-electron chi connectivity index (χ0n) is 11.3. The molecule has 0 radical (unpaired) electrons. The molecule has 19 heavy (non-hydrogen) atoms. The fraction of sp³-hybridized carbons (Fsp3) is 0.429. The molecule has 0 saturated carbocycles. The van der Waals surface area contributed by atoms with Gasteiger partial charge in [0, 0.05) is 12.7 Å². The highest BCUT2D eigenvalue weighted by Gasteiger charge is 2.40. The van der Waals surface area contributed by atoms with E-state index in [1.165, 1.54) is 11.9 Å². The summed E-state index contributed by atoms with van der Waals surface area (Å²) in [7, 11) is 1.53. The van der Waals surface area contributed by atoms with Gasteiger partial charge in [0.2, 0.25) is 0 Å². The minimum atomic E-state index is -0.972. The van der Waals surface area contributed by atoms with Crippen molar-refractivity contribution < 1.29 is 14.7 Å². The summed E-state index contributed by atoms with van der Waals surface area (Å²) >= 11 is 0. The molecule has 102 valence electrons. The first kappa shape index (κ1) is 13.4. The van der Waals surface area contributed by atoms with Crippen LogP contribution in [-0.2, 0) is 4.79 Å². The van der Waals surface area contributed by atoms with E-state index in [1.807, 2.05) is 24.3 Å². The number of amides is 2. The van der Waals surface area contributed by atoms with E-state index in [-0.39, 0.29) is 18.5 Å². The number of carbonyl (C=O) groups is 2. The molecule has 0 spiro atoms. The lowest BCUT2D eigenvalue weighted by Gasteiger charge is -2.21. The summed E-state index contributed by atoms with van der Waals surface area (Å²) in [5, 5.41) is 9.12. The Morgan fingerprint density at radius 3 is 2.53 bits per heavy atom. The Labute approximate surface area is 112 Å². The van der Waals surface area contributed by atoms with Crippen LogP contribution in [0.25, 0.3) is 0 Å². The van der Waals surface area contributed by atoms with E-state index in [0.717, 1.165) is 11.3 Å². The molecular weight excluding hydrogens is 244 g/mol. The Morgan fingerprint density at radius 2 is 2.00 bits per heavy atom. The summed E-state index contributed by atoms with van der Waals surface area (Å²) in [6, 6.07) is 6.58. The minimum absolute atomic E-state index is 0.189. The van der Waals surface area contributed by atoms with Gasteiger partial charge in [-0.2, -0.15) is 0 Å². The van der Waals surface area contributed by atoms with Gasteiger partial charge in [0.25, 0.3) is 0 Å². The molecule has 1 fully saturated rings. The van der Waals surface area contributed by atoms with Crippen LogP contribution in [0, 0.1) is 0 Å². The molecule has 1 heterocycles. The summed E-state index contributed by atoms with van der Waals surface area (Å²) in [5.41, 5.74) is 1.85. The topological polar surface area (TPSA) is 60.9 Å². The Kier molecular flexibility index (Phi) is 3.46. The third-order valence-electron chi connectivity index (χ3n) is 3.49. The van der Waals surface area contributed by atoms with Crippen LogP contribution in [0.5, 0.6) is 0 Å². The molecule has 0 aromatic heterocycles. The predicted molar refractivity (Wildman–Crippen MR) is 72.5 cm³/mol. The summed E-state index contributed by atoms with van der Waals surface area (Å²) in [4.78, 5) is 26.1. The standard InChI is InChI=1S/C14H18N2O3/c1-9(2)10-6-4-5-7-11(10)16-8-12(13(17)18)15(3)14(16)19/h4-7,9,12H,8H2,1-3H3,(H,17,18). The molecule has 2 amide bonds. The van der Waals surface area contributed by atoms with Crippen molar-refractivity contribution in [3.05, 3.63) is 29.8 Å². The third-order valence-corrected chi connectivity index (χ3v) is 3.49. The Hall–Kier alpha value is -2.04. The van der Waals surface area contributed by atoms with E-state index in [0.29, 0.717) is 0 Å². The second-order valence-corrected chi connectivity index (χ2v) is 5.07. The maximum absolute atomic E-state index is 12.2. The minimum Gasteiger partial charge on any atom is -0.480 e. The Morgan fingerprint density at radius 1 is 1.37 bits per heavy atom. The van der Waals surface area contributed by atoms with Gasteiger partial charge in [-0.15, -0.1) is 0 Å². The molecule has 1 aromatic carbocycles. The number of carbonyl (C=O) groups excluding carboxylic acids is 1. The van der Waals surface area contributed by atoms with Crippen LogP contribution in [0.3, 0.4) is 0 Å². The van der Waals surface area contributed by atoms with Crippen LogP contribution in [0.15, 0.2) is 24.3 Å². The number of anilines is 1. The monoisotopic (exact) mass is 262 g/mol. The number of carboxylic acid groups (broad SMARTS) is 1. The molecule has 1 N–H and O–H groups in total. The normalized spacial score (nSPS) is 19.4. The number of para-hydroxylation sites is 1. The second-order valence-electron chi connectivity index (χ2n) is 5.07. The van der Waals surface area contributed by atoms with Gasteiger partial charge in [-0.3, -0.25) is 4.90 Å². The summed E-state index contributed by atoms with van der Waals surface area (Å²) < 4.78 is 0. The lowest BCUT2D eigenvalue weighted by atomic mass is 10.0. The number of likely N-dealkylation sites (N-methyl/N-ethyl adjacent to an activating group) is 1. The Balaban J connectivity index is 2.38. The van der Waals surface area contributed by atoms with Crippen molar-refractivity contribution >= 4 is 17.7 Å². The summed E-state index contributed by atoms with van der Waals surface area (Å²) in [6.07, 6.45) is 0. The lowest BCUT2D eigenvalue weighted by Crippen LogP contribution is -2.36. The molecule has 1 atom stereocenters. The van der Waals surface area contributed by atoms with Crippen molar-refractivity contribution in [2.45, 2.75) is 25.8 Å². The van der Waals surface area contributed by atoms with Gasteiger partial charge < -0.3 is 10.0 Å². The number of hydrogen-bond donors (Lipinski definition) is 1. The third kappa shape index (κ3) is 2.28. The number of nitrogens with zero attached hydrogens (tertiary/aromatic N) is 2. The molecule has 1 aromatic rings. The predicted octanol–water partition coefficient (Wildman–Crippen LogP) is 2.13. The van der Waals surface area contributed by atoms with Gasteiger partial charge >= 0.3 is 12.0 Å². The Bertz CT molecular complexity index is 513. The SMILES string of the molecule is CC(C)c1ccccc1N1CC(C(=O)O)N(C)C1=O. The van der Waals surface area contributed by atoms with E-state index < -0.39 is 12.0 Å². The zero-order valence-corrected chi connectivity index (χ0v) is 11.3. The number of hydrogen-bond acceptors (Lipinski definition) is 2. The van der Waals surface area contributed by atoms with Crippen molar-refractivity contribution in [3.8, 4) is 0 Å². The summed E-state index contributed by atoms with van der Waals surface area (Å²) in [6.45, 7) is 4.30. The van der Waals surface area contributed by atoms with Gasteiger partial charge in [0.15, 0.2) is 0 Å². The number of urea groups is 1. The van der Waals surface area contributed by atoms with E-state index >= 15 is 0 Å². The van der Waals surface area contributed by atoms with Crippen LogP contribution in [-0.4, -0.2) is 41.6 Å². The van der Waals surface area contributed by atoms with Gasteiger partial charge in [0.05, 0.1) is 6.54 Å². The van der Waals surface area contributed by atoms with Crippen molar-refractivity contribution in [3.63, 3.8) is 0 Å². The average Bonchev–Trinajstić information content (AvgIpc) is 2.66. The van der Waals surface area contributed by atoms with E-state index in [4.69, 9.17) is 5.11 Å². The zero-order chi connectivity index (χ0) is 14.2. The van der Waals surface area contributed by atoms with E-state index in [2.05, 4.69) is 13.8 Å². The summed E-state index contributed by atoms with van der Waals surface area (Å²) in [5.74, 6) is -0.696.